The fraction of sp³-hybridized carbons (Fsp3) is 0.208. The van der Waals surface area contributed by atoms with Crippen LogP contribution in [0.4, 0.5) is 17.1 Å². The summed E-state index contributed by atoms with van der Waals surface area (Å²) >= 11 is 0. The van der Waals surface area contributed by atoms with Crippen molar-refractivity contribution in [2.75, 3.05) is 22.9 Å². The minimum atomic E-state index is -3.44. The zero-order valence-corrected chi connectivity index (χ0v) is 18.8. The minimum absolute atomic E-state index is 0.0218. The molecule has 3 aromatic carbocycles. The van der Waals surface area contributed by atoms with Crippen molar-refractivity contribution in [3.63, 3.8) is 0 Å². The summed E-state index contributed by atoms with van der Waals surface area (Å²) in [5.41, 5.74) is 5.98. The predicted molar refractivity (Wildman–Crippen MR) is 128 cm³/mol. The van der Waals surface area contributed by atoms with E-state index in [1.165, 1.54) is 7.11 Å². The first-order chi connectivity index (χ1) is 14.8. The Balaban J connectivity index is 1.95. The highest BCUT2D eigenvalue weighted by atomic mass is 32.2. The molecule has 160 valence electrons. The lowest BCUT2D eigenvalue weighted by Gasteiger charge is -2.19. The molecule has 0 aliphatic carbocycles. The summed E-state index contributed by atoms with van der Waals surface area (Å²) in [5.74, 6) is 0.407. The summed E-state index contributed by atoms with van der Waals surface area (Å²) in [6.07, 6.45) is 0. The van der Waals surface area contributed by atoms with Gasteiger partial charge in [0, 0.05) is 10.8 Å². The highest BCUT2D eigenvalue weighted by Gasteiger charge is 2.17. The maximum atomic E-state index is 12.1. The number of nitrogens with one attached hydrogen (secondary N) is 2. The van der Waals surface area contributed by atoms with E-state index in [1.807, 2.05) is 56.3 Å². The molecule has 6 nitrogen and oxygen atoms in total. The highest BCUT2D eigenvalue weighted by Crippen LogP contribution is 2.40. The van der Waals surface area contributed by atoms with Gasteiger partial charge in [0.05, 0.1) is 41.0 Å². The monoisotopic (exact) mass is 435 g/mol. The molecule has 0 saturated heterocycles. The number of hydrogen-bond donors (Lipinski definition) is 2. The van der Waals surface area contributed by atoms with E-state index in [0.29, 0.717) is 17.1 Å². The average molecular weight is 436 g/mol. The fourth-order valence-corrected chi connectivity index (χ4v) is 4.36. The van der Waals surface area contributed by atoms with Gasteiger partial charge in [0.2, 0.25) is 10.0 Å². The number of hydrogen-bond acceptors (Lipinski definition) is 5. The van der Waals surface area contributed by atoms with E-state index in [4.69, 9.17) is 9.72 Å². The molecule has 0 aliphatic rings. The Kier molecular flexibility index (Phi) is 5.45. The van der Waals surface area contributed by atoms with E-state index in [1.54, 1.807) is 19.1 Å². The quantitative estimate of drug-likeness (QED) is 0.390. The average Bonchev–Trinajstić information content (AvgIpc) is 2.75. The molecule has 4 rings (SSSR count). The minimum Gasteiger partial charge on any atom is -0.492 e. The summed E-state index contributed by atoms with van der Waals surface area (Å²) in [7, 11) is -1.91. The molecule has 0 amide bonds. The van der Waals surface area contributed by atoms with Gasteiger partial charge in [0.25, 0.3) is 0 Å². The van der Waals surface area contributed by atoms with Gasteiger partial charge in [-0.15, -0.1) is 0 Å². The van der Waals surface area contributed by atoms with Crippen molar-refractivity contribution < 1.29 is 13.2 Å². The number of fused-ring (bicyclic) bond motifs is 2. The van der Waals surface area contributed by atoms with Gasteiger partial charge in [-0.2, -0.15) is 0 Å². The number of aromatic nitrogens is 1. The van der Waals surface area contributed by atoms with E-state index < -0.39 is 10.0 Å². The third-order valence-electron chi connectivity index (χ3n) is 5.36. The van der Waals surface area contributed by atoms with Crippen molar-refractivity contribution in [2.24, 2.45) is 0 Å². The van der Waals surface area contributed by atoms with Gasteiger partial charge in [-0.3, -0.25) is 4.72 Å². The summed E-state index contributed by atoms with van der Waals surface area (Å²) in [6.45, 7) is 5.69. The van der Waals surface area contributed by atoms with E-state index in [2.05, 4.69) is 10.0 Å². The number of anilines is 3. The van der Waals surface area contributed by atoms with E-state index >= 15 is 0 Å². The first-order valence-electron chi connectivity index (χ1n) is 10.1. The Labute approximate surface area is 182 Å². The second kappa shape index (κ2) is 8.07. The maximum absolute atomic E-state index is 12.1. The van der Waals surface area contributed by atoms with Crippen molar-refractivity contribution in [1.82, 2.24) is 4.98 Å². The van der Waals surface area contributed by atoms with Crippen molar-refractivity contribution in [3.05, 3.63) is 65.7 Å². The fourth-order valence-electron chi connectivity index (χ4n) is 3.72. The molecule has 4 aromatic rings. The molecule has 0 saturated carbocycles. The van der Waals surface area contributed by atoms with Crippen LogP contribution in [0.2, 0.25) is 0 Å². The van der Waals surface area contributed by atoms with Crippen molar-refractivity contribution >= 4 is 48.9 Å². The number of ether oxygens (including phenoxy) is 1. The molecule has 0 unspecified atom stereocenters. The van der Waals surface area contributed by atoms with Crippen LogP contribution in [0.25, 0.3) is 21.8 Å². The standard InChI is InChI=1S/C24H25N3O3S/c1-5-31(28,29)27-20-14-8-13-19(24(20)30-4)25-23-17-11-6-9-15(2)21(17)26-22-16(3)10-7-12-18(22)23/h6-14,27H,5H2,1-4H3,(H,25,26). The van der Waals surface area contributed by atoms with E-state index in [0.717, 1.165) is 38.6 Å². The second-order valence-electron chi connectivity index (χ2n) is 7.45. The molecular formula is C24H25N3O3S. The largest absolute Gasteiger partial charge is 0.492 e. The second-order valence-corrected chi connectivity index (χ2v) is 9.46. The van der Waals surface area contributed by atoms with Gasteiger partial charge < -0.3 is 10.1 Å². The van der Waals surface area contributed by atoms with Crippen LogP contribution < -0.4 is 14.8 Å². The van der Waals surface area contributed by atoms with Crippen LogP contribution in [0, 0.1) is 13.8 Å². The van der Waals surface area contributed by atoms with Crippen LogP contribution in [0.1, 0.15) is 18.1 Å². The molecule has 0 atom stereocenters. The van der Waals surface area contributed by atoms with Gasteiger partial charge in [0.1, 0.15) is 0 Å². The molecule has 1 aromatic heterocycles. The Morgan fingerprint density at radius 2 is 1.42 bits per heavy atom. The third kappa shape index (κ3) is 3.88. The van der Waals surface area contributed by atoms with E-state index in [-0.39, 0.29) is 5.75 Å². The topological polar surface area (TPSA) is 80.3 Å². The number of rotatable bonds is 6. The van der Waals surface area contributed by atoms with E-state index in [9.17, 15) is 8.42 Å². The number of aryl methyl sites for hydroxylation is 2. The van der Waals surface area contributed by atoms with Gasteiger partial charge in [0.15, 0.2) is 5.75 Å². The number of nitrogens with zero attached hydrogens (tertiary/aromatic N) is 1. The summed E-state index contributed by atoms with van der Waals surface area (Å²) in [5, 5.41) is 5.48. The SMILES string of the molecule is CCS(=O)(=O)Nc1cccc(Nc2c3cccc(C)c3nc3c(C)cccc23)c1OC. The molecule has 0 bridgehead atoms. The van der Waals surface area contributed by atoms with Gasteiger partial charge in [-0.1, -0.05) is 42.5 Å². The summed E-state index contributed by atoms with van der Waals surface area (Å²) in [6, 6.07) is 17.5. The van der Waals surface area contributed by atoms with Crippen molar-refractivity contribution in [1.29, 1.82) is 0 Å². The highest BCUT2D eigenvalue weighted by molar-refractivity contribution is 7.92. The first kappa shape index (κ1) is 20.9. The van der Waals surface area contributed by atoms with Crippen LogP contribution in [-0.2, 0) is 10.0 Å². The first-order valence-corrected chi connectivity index (χ1v) is 11.7. The predicted octanol–water partition coefficient (Wildman–Crippen LogP) is 5.52. The number of para-hydroxylation sites is 3. The molecule has 1 heterocycles. The van der Waals surface area contributed by atoms with Gasteiger partial charge >= 0.3 is 0 Å². The molecule has 0 spiro atoms. The summed E-state index contributed by atoms with van der Waals surface area (Å²) < 4.78 is 32.5. The molecule has 0 radical (unpaired) electrons. The Bertz CT molecular complexity index is 1340. The molecular weight excluding hydrogens is 410 g/mol. The molecule has 0 fully saturated rings. The Hall–Kier alpha value is -3.32. The van der Waals surface area contributed by atoms with Crippen molar-refractivity contribution in [3.8, 4) is 5.75 Å². The molecule has 7 heteroatoms. The van der Waals surface area contributed by atoms with Crippen LogP contribution in [-0.4, -0.2) is 26.3 Å². The number of methoxy groups -OCH3 is 1. The van der Waals surface area contributed by atoms with Crippen LogP contribution in [0.15, 0.2) is 54.6 Å². The number of pyridine rings is 1. The number of benzene rings is 3. The lowest BCUT2D eigenvalue weighted by molar-refractivity contribution is 0.419. The maximum Gasteiger partial charge on any atom is 0.232 e. The van der Waals surface area contributed by atoms with Crippen molar-refractivity contribution in [2.45, 2.75) is 20.8 Å². The zero-order chi connectivity index (χ0) is 22.2. The summed E-state index contributed by atoms with van der Waals surface area (Å²) in [4.78, 5) is 4.94. The smallest absolute Gasteiger partial charge is 0.232 e. The lowest BCUT2D eigenvalue weighted by Crippen LogP contribution is -2.15. The zero-order valence-electron chi connectivity index (χ0n) is 18.0. The molecule has 31 heavy (non-hydrogen) atoms. The lowest BCUT2D eigenvalue weighted by atomic mass is 10.0. The normalized spacial score (nSPS) is 11.6. The Morgan fingerprint density at radius 3 is 1.97 bits per heavy atom. The van der Waals surface area contributed by atoms with Crippen LogP contribution in [0.5, 0.6) is 5.75 Å². The number of sulfonamides is 1. The molecule has 2 N–H and O–H groups in total. The third-order valence-corrected chi connectivity index (χ3v) is 6.65. The molecule has 0 aliphatic heterocycles. The van der Waals surface area contributed by atoms with Gasteiger partial charge in [-0.25, -0.2) is 13.4 Å². The Morgan fingerprint density at radius 1 is 0.871 bits per heavy atom. The van der Waals surface area contributed by atoms with Crippen LogP contribution in [0.3, 0.4) is 0 Å². The van der Waals surface area contributed by atoms with Gasteiger partial charge in [-0.05, 0) is 44.0 Å². The van der Waals surface area contributed by atoms with Crippen LogP contribution >= 0.6 is 0 Å².